The third-order valence-corrected chi connectivity index (χ3v) is 4.22. The van der Waals surface area contributed by atoms with Crippen LogP contribution < -0.4 is 5.32 Å². The van der Waals surface area contributed by atoms with Crippen molar-refractivity contribution in [3.63, 3.8) is 0 Å². The highest BCUT2D eigenvalue weighted by Crippen LogP contribution is 2.43. The van der Waals surface area contributed by atoms with Gasteiger partial charge in [0.25, 0.3) is 0 Å². The lowest BCUT2D eigenvalue weighted by atomic mass is 9.66. The summed E-state index contributed by atoms with van der Waals surface area (Å²) in [7, 11) is 0. The lowest BCUT2D eigenvalue weighted by molar-refractivity contribution is 0.119. The Bertz CT molecular complexity index is 320. The first kappa shape index (κ1) is 12.1. The van der Waals surface area contributed by atoms with Crippen LogP contribution in [0.25, 0.3) is 0 Å². The Hall–Kier alpha value is -0.410. The minimum atomic E-state index is 0.232. The van der Waals surface area contributed by atoms with Crippen molar-refractivity contribution in [3.05, 3.63) is 16.6 Å². The summed E-state index contributed by atoms with van der Waals surface area (Å²) in [5.74, 6) is 0. The molecule has 0 aliphatic heterocycles. The highest BCUT2D eigenvalue weighted by Gasteiger charge is 2.37. The van der Waals surface area contributed by atoms with Crippen molar-refractivity contribution in [2.24, 2.45) is 5.41 Å². The van der Waals surface area contributed by atoms with Crippen LogP contribution in [0.3, 0.4) is 0 Å². The first-order chi connectivity index (χ1) is 7.49. The molecule has 0 unspecified atom stereocenters. The average molecular weight is 238 g/mol. The molecule has 0 spiro atoms. The first-order valence-electron chi connectivity index (χ1n) is 6.12. The van der Waals surface area contributed by atoms with E-state index in [4.69, 9.17) is 0 Å². The lowest BCUT2D eigenvalue weighted by Gasteiger charge is -2.43. The SMILES string of the molecule is CC(C)(C)NCC1(Cc2cncs2)CCC1. The minimum absolute atomic E-state index is 0.232. The fraction of sp³-hybridized carbons (Fsp3) is 0.769. The van der Waals surface area contributed by atoms with Crippen molar-refractivity contribution in [2.75, 3.05) is 6.54 Å². The van der Waals surface area contributed by atoms with Crippen molar-refractivity contribution in [1.29, 1.82) is 0 Å². The second-order valence-corrected chi connectivity index (χ2v) is 7.07. The van der Waals surface area contributed by atoms with Crippen molar-refractivity contribution >= 4 is 11.3 Å². The molecular weight excluding hydrogens is 216 g/mol. The van der Waals surface area contributed by atoms with Crippen LogP contribution in [0, 0.1) is 5.41 Å². The first-order valence-corrected chi connectivity index (χ1v) is 7.00. The van der Waals surface area contributed by atoms with Gasteiger partial charge >= 0.3 is 0 Å². The number of nitrogens with one attached hydrogen (secondary N) is 1. The Morgan fingerprint density at radius 1 is 1.44 bits per heavy atom. The predicted octanol–water partition coefficient (Wildman–Crippen LogP) is 3.24. The molecule has 16 heavy (non-hydrogen) atoms. The van der Waals surface area contributed by atoms with Crippen LogP contribution in [-0.4, -0.2) is 17.1 Å². The molecule has 1 aliphatic carbocycles. The summed E-state index contributed by atoms with van der Waals surface area (Å²) in [5.41, 5.74) is 2.69. The zero-order valence-corrected chi connectivity index (χ0v) is 11.4. The Kier molecular flexibility index (Phi) is 3.36. The van der Waals surface area contributed by atoms with Gasteiger partial charge in [-0.2, -0.15) is 0 Å². The number of nitrogens with zero attached hydrogens (tertiary/aromatic N) is 1. The summed E-state index contributed by atoms with van der Waals surface area (Å²) in [4.78, 5) is 5.61. The van der Waals surface area contributed by atoms with Gasteiger partial charge in [-0.25, -0.2) is 0 Å². The van der Waals surface area contributed by atoms with Gasteiger partial charge in [0.05, 0.1) is 5.51 Å². The quantitative estimate of drug-likeness (QED) is 0.871. The maximum Gasteiger partial charge on any atom is 0.0794 e. The van der Waals surface area contributed by atoms with E-state index in [9.17, 15) is 0 Å². The molecule has 3 heteroatoms. The van der Waals surface area contributed by atoms with Gasteiger partial charge in [-0.1, -0.05) is 6.42 Å². The van der Waals surface area contributed by atoms with E-state index < -0.39 is 0 Å². The fourth-order valence-corrected chi connectivity index (χ4v) is 3.01. The molecule has 0 aromatic carbocycles. The minimum Gasteiger partial charge on any atom is -0.312 e. The second kappa shape index (κ2) is 4.46. The summed E-state index contributed by atoms with van der Waals surface area (Å²) in [5, 5.41) is 3.66. The fourth-order valence-electron chi connectivity index (χ4n) is 2.24. The molecule has 1 aliphatic rings. The van der Waals surface area contributed by atoms with Crippen molar-refractivity contribution in [2.45, 2.75) is 52.0 Å². The predicted molar refractivity (Wildman–Crippen MR) is 69.9 cm³/mol. The summed E-state index contributed by atoms with van der Waals surface area (Å²) in [6.07, 6.45) is 7.37. The molecule has 1 aromatic rings. The van der Waals surface area contributed by atoms with Crippen LogP contribution in [0.5, 0.6) is 0 Å². The molecule has 0 saturated heterocycles. The number of rotatable bonds is 4. The van der Waals surface area contributed by atoms with Gasteiger partial charge in [0, 0.05) is 23.2 Å². The van der Waals surface area contributed by atoms with Gasteiger partial charge < -0.3 is 5.32 Å². The van der Waals surface area contributed by atoms with Crippen molar-refractivity contribution in [1.82, 2.24) is 10.3 Å². The van der Waals surface area contributed by atoms with Crippen LogP contribution in [0.1, 0.15) is 44.9 Å². The van der Waals surface area contributed by atoms with Crippen LogP contribution in [-0.2, 0) is 6.42 Å². The molecule has 0 radical (unpaired) electrons. The van der Waals surface area contributed by atoms with Gasteiger partial charge in [-0.3, -0.25) is 4.98 Å². The van der Waals surface area contributed by atoms with E-state index in [1.54, 1.807) is 11.3 Å². The zero-order chi connectivity index (χ0) is 11.6. The van der Waals surface area contributed by atoms with Crippen LogP contribution in [0.4, 0.5) is 0 Å². The van der Waals surface area contributed by atoms with Gasteiger partial charge in [0.1, 0.15) is 0 Å². The Balaban J connectivity index is 1.92. The van der Waals surface area contributed by atoms with E-state index in [1.807, 2.05) is 11.7 Å². The largest absolute Gasteiger partial charge is 0.312 e. The van der Waals surface area contributed by atoms with E-state index in [0.29, 0.717) is 5.41 Å². The normalized spacial score (nSPS) is 19.4. The standard InChI is InChI=1S/C13H22N2S/c1-12(2,3)15-9-13(5-4-6-13)7-11-8-14-10-16-11/h8,10,15H,4-7,9H2,1-3H3. The van der Waals surface area contributed by atoms with Crippen LogP contribution in [0.15, 0.2) is 11.7 Å². The summed E-state index contributed by atoms with van der Waals surface area (Å²) < 4.78 is 0. The van der Waals surface area contributed by atoms with E-state index >= 15 is 0 Å². The lowest BCUT2D eigenvalue weighted by Crippen LogP contribution is -2.47. The molecule has 0 atom stereocenters. The maximum absolute atomic E-state index is 4.17. The number of hydrogen-bond donors (Lipinski definition) is 1. The molecule has 1 heterocycles. The zero-order valence-electron chi connectivity index (χ0n) is 10.5. The number of thiazole rings is 1. The highest BCUT2D eigenvalue weighted by atomic mass is 32.1. The monoisotopic (exact) mass is 238 g/mol. The molecule has 1 N–H and O–H groups in total. The molecule has 0 bridgehead atoms. The molecular formula is C13H22N2S. The molecule has 0 amide bonds. The summed E-state index contributed by atoms with van der Waals surface area (Å²) in [6, 6.07) is 0. The molecule has 90 valence electrons. The van der Waals surface area contributed by atoms with Crippen LogP contribution >= 0.6 is 11.3 Å². The number of aromatic nitrogens is 1. The highest BCUT2D eigenvalue weighted by molar-refractivity contribution is 7.09. The van der Waals surface area contributed by atoms with Gasteiger partial charge in [0.2, 0.25) is 0 Å². The third-order valence-electron chi connectivity index (χ3n) is 3.44. The van der Waals surface area contributed by atoms with Crippen LogP contribution in [0.2, 0.25) is 0 Å². The second-order valence-electron chi connectivity index (χ2n) is 6.10. The smallest absolute Gasteiger partial charge is 0.0794 e. The van der Waals surface area contributed by atoms with Crippen molar-refractivity contribution in [3.8, 4) is 0 Å². The van der Waals surface area contributed by atoms with E-state index in [-0.39, 0.29) is 5.54 Å². The van der Waals surface area contributed by atoms with E-state index in [2.05, 4.69) is 31.1 Å². The third kappa shape index (κ3) is 3.05. The summed E-state index contributed by atoms with van der Waals surface area (Å²) >= 11 is 1.79. The average Bonchev–Trinajstić information content (AvgIpc) is 2.60. The number of hydrogen-bond acceptors (Lipinski definition) is 3. The molecule has 1 saturated carbocycles. The maximum atomic E-state index is 4.17. The van der Waals surface area contributed by atoms with Crippen molar-refractivity contribution < 1.29 is 0 Å². The Labute approximate surface area is 102 Å². The molecule has 2 nitrogen and oxygen atoms in total. The topological polar surface area (TPSA) is 24.9 Å². The molecule has 1 aromatic heterocycles. The summed E-state index contributed by atoms with van der Waals surface area (Å²) in [6.45, 7) is 7.87. The van der Waals surface area contributed by atoms with Gasteiger partial charge in [0.15, 0.2) is 0 Å². The molecule has 2 rings (SSSR count). The van der Waals surface area contributed by atoms with Gasteiger partial charge in [-0.05, 0) is 45.4 Å². The van der Waals surface area contributed by atoms with Gasteiger partial charge in [-0.15, -0.1) is 11.3 Å². The Morgan fingerprint density at radius 2 is 2.19 bits per heavy atom. The Morgan fingerprint density at radius 3 is 2.62 bits per heavy atom. The molecule has 1 fully saturated rings. The van der Waals surface area contributed by atoms with E-state index in [0.717, 1.165) is 6.54 Å². The van der Waals surface area contributed by atoms with E-state index in [1.165, 1.54) is 30.6 Å².